The number of hydrogen-bond donors (Lipinski definition) is 3. The van der Waals surface area contributed by atoms with E-state index < -0.39 is 0 Å². The van der Waals surface area contributed by atoms with Gasteiger partial charge < -0.3 is 16.8 Å². The molecule has 3 rings (SSSR count). The summed E-state index contributed by atoms with van der Waals surface area (Å²) < 4.78 is 0. The quantitative estimate of drug-likeness (QED) is 0.539. The second kappa shape index (κ2) is 8.66. The summed E-state index contributed by atoms with van der Waals surface area (Å²) >= 11 is 0. The van der Waals surface area contributed by atoms with Gasteiger partial charge in [-0.05, 0) is 61.1 Å². The van der Waals surface area contributed by atoms with Crippen molar-refractivity contribution in [3.8, 4) is 0 Å². The lowest BCUT2D eigenvalue weighted by molar-refractivity contribution is 0.758. The van der Waals surface area contributed by atoms with Crippen molar-refractivity contribution in [3.63, 3.8) is 0 Å². The maximum atomic E-state index is 5.94. The Balaban J connectivity index is 1.86. The number of pyridine rings is 1. The van der Waals surface area contributed by atoms with E-state index in [-0.39, 0.29) is 5.95 Å². The molecule has 0 unspecified atom stereocenters. The average molecular weight is 364 g/mol. The monoisotopic (exact) mass is 364 g/mol. The molecule has 142 valence electrons. The molecule has 27 heavy (non-hydrogen) atoms. The second-order valence-electron chi connectivity index (χ2n) is 6.85. The first-order chi connectivity index (χ1) is 13.1. The summed E-state index contributed by atoms with van der Waals surface area (Å²) in [7, 11) is 0. The first kappa shape index (κ1) is 18.9. The van der Waals surface area contributed by atoms with E-state index in [9.17, 15) is 0 Å². The van der Waals surface area contributed by atoms with Crippen LogP contribution in [0, 0.1) is 0 Å². The molecule has 1 aromatic carbocycles. The molecule has 0 amide bonds. The van der Waals surface area contributed by atoms with Crippen LogP contribution in [0.2, 0.25) is 0 Å². The van der Waals surface area contributed by atoms with Crippen LogP contribution in [0.4, 0.5) is 23.3 Å². The van der Waals surface area contributed by atoms with E-state index in [1.54, 1.807) is 0 Å². The first-order valence-electron chi connectivity index (χ1n) is 9.69. The molecule has 2 aromatic heterocycles. The second-order valence-corrected chi connectivity index (χ2v) is 6.85. The largest absolute Gasteiger partial charge is 0.382 e. The Bertz CT molecular complexity index is 922. The fourth-order valence-electron chi connectivity index (χ4n) is 3.19. The zero-order chi connectivity index (χ0) is 19.2. The van der Waals surface area contributed by atoms with Crippen molar-refractivity contribution in [2.24, 2.45) is 0 Å². The lowest BCUT2D eigenvalue weighted by Crippen LogP contribution is -2.03. The van der Waals surface area contributed by atoms with Gasteiger partial charge in [0.05, 0.1) is 5.52 Å². The number of nitrogen functional groups attached to an aromatic ring is 2. The standard InChI is InChI=1S/C21H28N6/c1-3-5-7-14-9-10-16(13-15(14)8-6-4-2)24-18-12-11-17-19(26-18)20(22)27-21(23)25-17/h9-13H,3-8H2,1-2H3,(H,24,26)(H4,22,23,25,27). The molecular formula is C21H28N6. The summed E-state index contributed by atoms with van der Waals surface area (Å²) in [6.45, 7) is 4.46. The van der Waals surface area contributed by atoms with E-state index >= 15 is 0 Å². The Kier molecular flexibility index (Phi) is 6.06. The Morgan fingerprint density at radius 2 is 1.59 bits per heavy atom. The molecule has 0 fully saturated rings. The SMILES string of the molecule is CCCCc1ccc(Nc2ccc3nc(N)nc(N)c3n2)cc1CCCC. The van der Waals surface area contributed by atoms with E-state index in [0.29, 0.717) is 22.7 Å². The fraction of sp³-hybridized carbons (Fsp3) is 0.381. The smallest absolute Gasteiger partial charge is 0.222 e. The van der Waals surface area contributed by atoms with E-state index in [1.807, 2.05) is 12.1 Å². The van der Waals surface area contributed by atoms with Gasteiger partial charge in [-0.2, -0.15) is 4.98 Å². The molecule has 0 aliphatic rings. The Morgan fingerprint density at radius 1 is 0.852 bits per heavy atom. The van der Waals surface area contributed by atoms with Crippen LogP contribution in [0.1, 0.15) is 50.7 Å². The molecular weight excluding hydrogens is 336 g/mol. The summed E-state index contributed by atoms with van der Waals surface area (Å²) in [4.78, 5) is 12.7. The molecule has 2 heterocycles. The number of nitrogens with two attached hydrogens (primary N) is 2. The number of unbranched alkanes of at least 4 members (excludes halogenated alkanes) is 2. The number of nitrogens with zero attached hydrogens (tertiary/aromatic N) is 3. The van der Waals surface area contributed by atoms with Crippen molar-refractivity contribution < 1.29 is 0 Å². The van der Waals surface area contributed by atoms with Crippen LogP contribution in [0.25, 0.3) is 11.0 Å². The fourth-order valence-corrected chi connectivity index (χ4v) is 3.19. The summed E-state index contributed by atoms with van der Waals surface area (Å²) in [5.74, 6) is 1.16. The maximum absolute atomic E-state index is 5.94. The minimum absolute atomic E-state index is 0.158. The highest BCUT2D eigenvalue weighted by atomic mass is 15.1. The molecule has 0 atom stereocenters. The number of aromatic nitrogens is 3. The van der Waals surface area contributed by atoms with Gasteiger partial charge in [-0.15, -0.1) is 0 Å². The molecule has 0 aliphatic carbocycles. The molecule has 0 aliphatic heterocycles. The van der Waals surface area contributed by atoms with Crippen LogP contribution in [0.5, 0.6) is 0 Å². The van der Waals surface area contributed by atoms with Crippen LogP contribution in [-0.2, 0) is 12.8 Å². The van der Waals surface area contributed by atoms with Gasteiger partial charge in [-0.25, -0.2) is 9.97 Å². The summed E-state index contributed by atoms with van der Waals surface area (Å²) in [5, 5.41) is 3.38. The summed E-state index contributed by atoms with van der Waals surface area (Å²) in [6.07, 6.45) is 7.07. The third kappa shape index (κ3) is 4.64. The molecule has 0 spiro atoms. The van der Waals surface area contributed by atoms with Crippen LogP contribution in [0.15, 0.2) is 30.3 Å². The van der Waals surface area contributed by atoms with Gasteiger partial charge >= 0.3 is 0 Å². The first-order valence-corrected chi connectivity index (χ1v) is 9.69. The molecule has 3 aromatic rings. The van der Waals surface area contributed by atoms with Gasteiger partial charge in [-0.1, -0.05) is 32.8 Å². The van der Waals surface area contributed by atoms with E-state index in [2.05, 4.69) is 52.3 Å². The molecule has 6 nitrogen and oxygen atoms in total. The molecule has 6 heteroatoms. The molecule has 0 bridgehead atoms. The highest BCUT2D eigenvalue weighted by molar-refractivity contribution is 5.86. The predicted molar refractivity (Wildman–Crippen MR) is 113 cm³/mol. The van der Waals surface area contributed by atoms with Crippen molar-refractivity contribution in [1.82, 2.24) is 15.0 Å². The zero-order valence-electron chi connectivity index (χ0n) is 16.1. The topological polar surface area (TPSA) is 103 Å². The Labute approximate surface area is 160 Å². The third-order valence-corrected chi connectivity index (χ3v) is 4.66. The van der Waals surface area contributed by atoms with Gasteiger partial charge in [0.1, 0.15) is 11.3 Å². The zero-order valence-corrected chi connectivity index (χ0v) is 16.1. The van der Waals surface area contributed by atoms with Gasteiger partial charge in [0.15, 0.2) is 5.82 Å². The molecule has 5 N–H and O–H groups in total. The number of rotatable bonds is 8. The van der Waals surface area contributed by atoms with Gasteiger partial charge in [0.2, 0.25) is 5.95 Å². The highest BCUT2D eigenvalue weighted by Crippen LogP contribution is 2.24. The van der Waals surface area contributed by atoms with E-state index in [1.165, 1.54) is 36.8 Å². The number of benzene rings is 1. The van der Waals surface area contributed by atoms with Gasteiger partial charge in [0.25, 0.3) is 0 Å². The van der Waals surface area contributed by atoms with E-state index in [4.69, 9.17) is 11.5 Å². The van der Waals surface area contributed by atoms with Crippen molar-refractivity contribution in [3.05, 3.63) is 41.5 Å². The summed E-state index contributed by atoms with van der Waals surface area (Å²) in [6, 6.07) is 10.3. The Morgan fingerprint density at radius 3 is 2.33 bits per heavy atom. The molecule has 0 saturated carbocycles. The van der Waals surface area contributed by atoms with Gasteiger partial charge in [0, 0.05) is 5.69 Å². The number of anilines is 4. The van der Waals surface area contributed by atoms with Crippen LogP contribution in [-0.4, -0.2) is 15.0 Å². The number of fused-ring (bicyclic) bond motifs is 1. The molecule has 0 radical (unpaired) electrons. The average Bonchev–Trinajstić information content (AvgIpc) is 2.66. The number of hydrogen-bond acceptors (Lipinski definition) is 6. The number of nitrogens with one attached hydrogen (secondary N) is 1. The normalized spacial score (nSPS) is 11.0. The van der Waals surface area contributed by atoms with Crippen molar-refractivity contribution >= 4 is 34.3 Å². The minimum atomic E-state index is 0.158. The van der Waals surface area contributed by atoms with Crippen molar-refractivity contribution in [2.75, 3.05) is 16.8 Å². The predicted octanol–water partition coefficient (Wildman–Crippen LogP) is 4.62. The third-order valence-electron chi connectivity index (χ3n) is 4.66. The lowest BCUT2D eigenvalue weighted by Gasteiger charge is -2.13. The van der Waals surface area contributed by atoms with E-state index in [0.717, 1.165) is 18.5 Å². The summed E-state index contributed by atoms with van der Waals surface area (Å²) in [5.41, 5.74) is 16.7. The highest BCUT2D eigenvalue weighted by Gasteiger charge is 2.08. The lowest BCUT2D eigenvalue weighted by atomic mass is 9.97. The van der Waals surface area contributed by atoms with Crippen LogP contribution < -0.4 is 16.8 Å². The van der Waals surface area contributed by atoms with Crippen LogP contribution in [0.3, 0.4) is 0 Å². The van der Waals surface area contributed by atoms with Crippen LogP contribution >= 0.6 is 0 Å². The van der Waals surface area contributed by atoms with Gasteiger partial charge in [-0.3, -0.25) is 0 Å². The number of aryl methyl sites for hydroxylation is 2. The van der Waals surface area contributed by atoms with Crippen molar-refractivity contribution in [1.29, 1.82) is 0 Å². The minimum Gasteiger partial charge on any atom is -0.382 e. The van der Waals surface area contributed by atoms with Crippen molar-refractivity contribution in [2.45, 2.75) is 52.4 Å². The molecule has 0 saturated heterocycles. The maximum Gasteiger partial charge on any atom is 0.222 e. The Hall–Kier alpha value is -2.89.